The highest BCUT2D eigenvalue weighted by Gasteiger charge is 2.14. The van der Waals surface area contributed by atoms with Gasteiger partial charge in [0.2, 0.25) is 5.91 Å². The summed E-state index contributed by atoms with van der Waals surface area (Å²) in [5, 5.41) is 8.80. The molecule has 0 radical (unpaired) electrons. The normalized spacial score (nSPS) is 10.6. The van der Waals surface area contributed by atoms with Gasteiger partial charge in [-0.1, -0.05) is 41.6 Å². The van der Waals surface area contributed by atoms with E-state index in [0.717, 1.165) is 11.3 Å². The average molecular weight is 330 g/mol. The van der Waals surface area contributed by atoms with Gasteiger partial charge in [0, 0.05) is 18.8 Å². The fourth-order valence-electron chi connectivity index (χ4n) is 2.13. The van der Waals surface area contributed by atoms with Crippen molar-refractivity contribution in [2.45, 2.75) is 25.9 Å². The van der Waals surface area contributed by atoms with Crippen molar-refractivity contribution in [1.29, 1.82) is 0 Å². The van der Waals surface area contributed by atoms with Gasteiger partial charge < -0.3 is 4.90 Å². The van der Waals surface area contributed by atoms with Gasteiger partial charge in [0.05, 0.1) is 5.75 Å². The van der Waals surface area contributed by atoms with Crippen molar-refractivity contribution in [3.05, 3.63) is 48.3 Å². The lowest BCUT2D eigenvalue weighted by Gasteiger charge is -2.20. The average Bonchev–Trinajstić information content (AvgIpc) is 2.99. The molecule has 122 valence electrons. The van der Waals surface area contributed by atoms with Gasteiger partial charge in [-0.05, 0) is 32.9 Å². The third kappa shape index (κ3) is 4.69. The van der Waals surface area contributed by atoms with E-state index in [1.165, 1.54) is 17.3 Å². The van der Waals surface area contributed by atoms with Gasteiger partial charge >= 0.3 is 0 Å². The molecule has 0 atom stereocenters. The van der Waals surface area contributed by atoms with Crippen LogP contribution in [0.4, 0.5) is 0 Å². The van der Waals surface area contributed by atoms with Gasteiger partial charge in [-0.2, -0.15) is 0 Å². The summed E-state index contributed by atoms with van der Waals surface area (Å²) in [7, 11) is 0. The van der Waals surface area contributed by atoms with Gasteiger partial charge in [0.25, 0.3) is 0 Å². The molecule has 0 saturated heterocycles. The van der Waals surface area contributed by atoms with Crippen LogP contribution in [0, 0.1) is 6.92 Å². The predicted octanol–water partition coefficient (Wildman–Crippen LogP) is 3.09. The summed E-state index contributed by atoms with van der Waals surface area (Å²) in [4.78, 5) is 14.1. The first-order valence-electron chi connectivity index (χ1n) is 7.53. The molecule has 2 aromatic rings. The number of carbonyl (C=O) groups excluding carboxylic acids is 1. The third-order valence-corrected chi connectivity index (χ3v) is 4.28. The lowest BCUT2D eigenvalue weighted by molar-refractivity contribution is -0.127. The van der Waals surface area contributed by atoms with E-state index < -0.39 is 0 Å². The SMILES string of the molecule is C=C(C)CN(CC)C(=O)CSc1nncn1-c1ccc(C)cc1. The zero-order chi connectivity index (χ0) is 16.8. The first kappa shape index (κ1) is 17.3. The number of benzene rings is 1. The number of nitrogens with zero attached hydrogens (tertiary/aromatic N) is 4. The van der Waals surface area contributed by atoms with E-state index >= 15 is 0 Å². The second kappa shape index (κ2) is 7.97. The highest BCUT2D eigenvalue weighted by molar-refractivity contribution is 7.99. The smallest absolute Gasteiger partial charge is 0.233 e. The van der Waals surface area contributed by atoms with Crippen LogP contribution < -0.4 is 0 Å². The van der Waals surface area contributed by atoms with Crippen molar-refractivity contribution in [2.75, 3.05) is 18.8 Å². The number of thioether (sulfide) groups is 1. The van der Waals surface area contributed by atoms with Gasteiger partial charge in [0.1, 0.15) is 6.33 Å². The second-order valence-electron chi connectivity index (χ2n) is 5.47. The standard InChI is InChI=1S/C17H22N4OS/c1-5-20(10-13(2)3)16(22)11-23-17-19-18-12-21(17)15-8-6-14(4)7-9-15/h6-9,12H,2,5,10-11H2,1,3-4H3. The van der Waals surface area contributed by atoms with Crippen LogP contribution >= 0.6 is 11.8 Å². The van der Waals surface area contributed by atoms with Gasteiger partial charge in [-0.15, -0.1) is 10.2 Å². The van der Waals surface area contributed by atoms with Crippen LogP contribution in [-0.4, -0.2) is 44.4 Å². The fourth-order valence-corrected chi connectivity index (χ4v) is 2.96. The number of rotatable bonds is 7. The molecule has 0 spiro atoms. The Morgan fingerprint density at radius 2 is 2.04 bits per heavy atom. The van der Waals surface area contributed by atoms with E-state index in [0.29, 0.717) is 24.0 Å². The Hall–Kier alpha value is -2.08. The number of amides is 1. The summed E-state index contributed by atoms with van der Waals surface area (Å²) in [6.45, 7) is 11.1. The third-order valence-electron chi connectivity index (χ3n) is 3.35. The molecule has 2 rings (SSSR count). The van der Waals surface area contributed by atoms with Crippen LogP contribution in [0.1, 0.15) is 19.4 Å². The topological polar surface area (TPSA) is 51.0 Å². The number of likely N-dealkylation sites (N-methyl/N-ethyl adjacent to an activating group) is 1. The zero-order valence-corrected chi connectivity index (χ0v) is 14.6. The molecule has 0 unspecified atom stereocenters. The van der Waals surface area contributed by atoms with Crippen LogP contribution in [0.2, 0.25) is 0 Å². The molecule has 0 aliphatic heterocycles. The zero-order valence-electron chi connectivity index (χ0n) is 13.8. The van der Waals surface area contributed by atoms with E-state index in [9.17, 15) is 4.79 Å². The summed E-state index contributed by atoms with van der Waals surface area (Å²) in [5.41, 5.74) is 3.17. The Bertz CT molecular complexity index is 678. The summed E-state index contributed by atoms with van der Waals surface area (Å²) in [6, 6.07) is 8.12. The van der Waals surface area contributed by atoms with Gasteiger partial charge in [-0.25, -0.2) is 0 Å². The molecule has 5 nitrogen and oxygen atoms in total. The molecule has 1 aromatic heterocycles. The largest absolute Gasteiger partial charge is 0.338 e. The molecule has 0 fully saturated rings. The maximum atomic E-state index is 12.3. The van der Waals surface area contributed by atoms with E-state index in [-0.39, 0.29) is 5.91 Å². The highest BCUT2D eigenvalue weighted by atomic mass is 32.2. The van der Waals surface area contributed by atoms with Crippen molar-refractivity contribution in [3.8, 4) is 5.69 Å². The molecule has 0 bridgehead atoms. The fraction of sp³-hybridized carbons (Fsp3) is 0.353. The Morgan fingerprint density at radius 1 is 1.35 bits per heavy atom. The van der Waals surface area contributed by atoms with Crippen molar-refractivity contribution in [1.82, 2.24) is 19.7 Å². The molecule has 6 heteroatoms. The predicted molar refractivity (Wildman–Crippen MR) is 93.9 cm³/mol. The Kier molecular flexibility index (Phi) is 5.98. The van der Waals surface area contributed by atoms with Crippen LogP contribution in [0.25, 0.3) is 5.69 Å². The number of carbonyl (C=O) groups is 1. The summed E-state index contributed by atoms with van der Waals surface area (Å²) in [6.07, 6.45) is 1.67. The minimum Gasteiger partial charge on any atom is -0.338 e. The van der Waals surface area contributed by atoms with Crippen molar-refractivity contribution in [3.63, 3.8) is 0 Å². The number of aryl methyl sites for hydroxylation is 1. The van der Waals surface area contributed by atoms with Crippen LogP contribution in [-0.2, 0) is 4.79 Å². The lowest BCUT2D eigenvalue weighted by atomic mass is 10.2. The summed E-state index contributed by atoms with van der Waals surface area (Å²) >= 11 is 1.40. The first-order valence-corrected chi connectivity index (χ1v) is 8.51. The number of hydrogen-bond acceptors (Lipinski definition) is 4. The number of aromatic nitrogens is 3. The first-order chi connectivity index (χ1) is 11.0. The molecular formula is C17H22N4OS. The Labute approximate surface area is 141 Å². The quantitative estimate of drug-likeness (QED) is 0.578. The number of hydrogen-bond donors (Lipinski definition) is 0. The molecule has 1 aromatic carbocycles. The molecule has 0 saturated carbocycles. The van der Waals surface area contributed by atoms with Crippen LogP contribution in [0.5, 0.6) is 0 Å². The molecule has 0 aliphatic carbocycles. The second-order valence-corrected chi connectivity index (χ2v) is 6.42. The van der Waals surface area contributed by atoms with Gasteiger partial charge in [0.15, 0.2) is 5.16 Å². The molecule has 0 aliphatic rings. The summed E-state index contributed by atoms with van der Waals surface area (Å²) in [5.74, 6) is 0.421. The minimum absolute atomic E-state index is 0.0824. The molecular weight excluding hydrogens is 308 g/mol. The lowest BCUT2D eigenvalue weighted by Crippen LogP contribution is -2.33. The molecule has 1 heterocycles. The van der Waals surface area contributed by atoms with Crippen LogP contribution in [0.15, 0.2) is 47.9 Å². The summed E-state index contributed by atoms with van der Waals surface area (Å²) < 4.78 is 1.90. The van der Waals surface area contributed by atoms with Crippen molar-refractivity contribution >= 4 is 17.7 Å². The van der Waals surface area contributed by atoms with E-state index in [4.69, 9.17) is 0 Å². The van der Waals surface area contributed by atoms with E-state index in [2.05, 4.69) is 16.8 Å². The maximum Gasteiger partial charge on any atom is 0.233 e. The Balaban J connectivity index is 2.04. The van der Waals surface area contributed by atoms with Gasteiger partial charge in [-0.3, -0.25) is 9.36 Å². The highest BCUT2D eigenvalue weighted by Crippen LogP contribution is 2.20. The van der Waals surface area contributed by atoms with E-state index in [1.807, 2.05) is 49.6 Å². The van der Waals surface area contributed by atoms with E-state index in [1.54, 1.807) is 11.2 Å². The maximum absolute atomic E-state index is 12.3. The molecule has 23 heavy (non-hydrogen) atoms. The molecule has 0 N–H and O–H groups in total. The van der Waals surface area contributed by atoms with Crippen LogP contribution in [0.3, 0.4) is 0 Å². The molecule has 1 amide bonds. The Morgan fingerprint density at radius 3 is 2.65 bits per heavy atom. The van der Waals surface area contributed by atoms with Crippen molar-refractivity contribution < 1.29 is 4.79 Å². The van der Waals surface area contributed by atoms with Crippen molar-refractivity contribution in [2.24, 2.45) is 0 Å². The monoisotopic (exact) mass is 330 g/mol. The minimum atomic E-state index is 0.0824.